The second-order valence-corrected chi connectivity index (χ2v) is 14.8. The molecule has 0 aliphatic heterocycles. The van der Waals surface area contributed by atoms with Crippen LogP contribution in [0.1, 0.15) is 113 Å². The molecule has 0 radical (unpaired) electrons. The maximum atomic E-state index is 12.9. The van der Waals surface area contributed by atoms with E-state index in [4.69, 9.17) is 0 Å². The first-order valence-electron chi connectivity index (χ1n) is 13.6. The SMILES string of the molecule is CC1(C)CCC2(C(=O)O)CCC3(C)C(=CC[C@@H]4C5(C)CCC(=O)C(C)(C)[C@@H]5CCC43C)C2C1. The summed E-state index contributed by atoms with van der Waals surface area (Å²) < 4.78 is 0. The molecule has 184 valence electrons. The molecule has 0 saturated heterocycles. The Hall–Kier alpha value is -1.12. The van der Waals surface area contributed by atoms with Crippen molar-refractivity contribution in [1.29, 1.82) is 0 Å². The zero-order valence-corrected chi connectivity index (χ0v) is 22.1. The van der Waals surface area contributed by atoms with Crippen molar-refractivity contribution in [3.63, 3.8) is 0 Å². The maximum absolute atomic E-state index is 12.9. The van der Waals surface area contributed by atoms with Gasteiger partial charge in [-0.2, -0.15) is 0 Å². The fourth-order valence-corrected chi connectivity index (χ4v) is 10.4. The van der Waals surface area contributed by atoms with Gasteiger partial charge in [0.25, 0.3) is 0 Å². The number of Topliss-reactive ketones (excluding diaryl/α,β-unsaturated/α-hetero) is 1. The van der Waals surface area contributed by atoms with Gasteiger partial charge in [0, 0.05) is 11.8 Å². The molecule has 5 aliphatic carbocycles. The predicted molar refractivity (Wildman–Crippen MR) is 132 cm³/mol. The largest absolute Gasteiger partial charge is 0.481 e. The molecule has 3 heteroatoms. The van der Waals surface area contributed by atoms with Crippen molar-refractivity contribution in [3.05, 3.63) is 11.6 Å². The predicted octanol–water partition coefficient (Wildman–Crippen LogP) is 7.44. The molecule has 0 bridgehead atoms. The lowest BCUT2D eigenvalue weighted by molar-refractivity contribution is -0.189. The molecule has 0 aromatic carbocycles. The second kappa shape index (κ2) is 6.76. The summed E-state index contributed by atoms with van der Waals surface area (Å²) in [5.41, 5.74) is 1.33. The summed E-state index contributed by atoms with van der Waals surface area (Å²) in [6, 6.07) is 0. The third-order valence-corrected chi connectivity index (χ3v) is 12.8. The Morgan fingerprint density at radius 2 is 1.58 bits per heavy atom. The van der Waals surface area contributed by atoms with Crippen molar-refractivity contribution >= 4 is 11.8 Å². The number of ketones is 1. The van der Waals surface area contributed by atoms with Crippen LogP contribution in [0.5, 0.6) is 0 Å². The van der Waals surface area contributed by atoms with E-state index < -0.39 is 11.4 Å². The lowest BCUT2D eigenvalue weighted by Gasteiger charge is -2.70. The molecule has 3 nitrogen and oxygen atoms in total. The summed E-state index contributed by atoms with van der Waals surface area (Å²) in [4.78, 5) is 25.6. The van der Waals surface area contributed by atoms with Crippen LogP contribution in [0.25, 0.3) is 0 Å². The van der Waals surface area contributed by atoms with E-state index >= 15 is 0 Å². The van der Waals surface area contributed by atoms with E-state index in [0.29, 0.717) is 17.6 Å². The summed E-state index contributed by atoms with van der Waals surface area (Å²) in [5.74, 6) is 1.10. The number of hydrogen-bond acceptors (Lipinski definition) is 2. The molecule has 5 unspecified atom stereocenters. The third kappa shape index (κ3) is 2.80. The Kier molecular flexibility index (Phi) is 4.83. The van der Waals surface area contributed by atoms with E-state index in [1.807, 2.05) is 0 Å². The summed E-state index contributed by atoms with van der Waals surface area (Å²) >= 11 is 0. The number of rotatable bonds is 1. The number of carboxylic acids is 1. The Morgan fingerprint density at radius 1 is 0.909 bits per heavy atom. The van der Waals surface area contributed by atoms with Crippen molar-refractivity contribution in [1.82, 2.24) is 0 Å². The minimum Gasteiger partial charge on any atom is -0.481 e. The average molecular weight is 455 g/mol. The van der Waals surface area contributed by atoms with E-state index in [0.717, 1.165) is 57.8 Å². The molecule has 0 heterocycles. The van der Waals surface area contributed by atoms with Crippen LogP contribution in [0.2, 0.25) is 0 Å². The van der Waals surface area contributed by atoms with Gasteiger partial charge in [0.05, 0.1) is 5.41 Å². The number of carbonyl (C=O) groups excluding carboxylic acids is 1. The van der Waals surface area contributed by atoms with E-state index in [1.165, 1.54) is 12.0 Å². The number of allylic oxidation sites excluding steroid dienone is 2. The zero-order chi connectivity index (χ0) is 24.2. The number of carboxylic acid groups (broad SMARTS) is 1. The first-order valence-corrected chi connectivity index (χ1v) is 13.6. The van der Waals surface area contributed by atoms with Crippen LogP contribution in [-0.2, 0) is 9.59 Å². The van der Waals surface area contributed by atoms with Crippen LogP contribution in [0.3, 0.4) is 0 Å². The minimum atomic E-state index is -0.565. The fraction of sp³-hybridized carbons (Fsp3) is 0.867. The van der Waals surface area contributed by atoms with Crippen LogP contribution in [0.15, 0.2) is 11.6 Å². The monoisotopic (exact) mass is 454 g/mol. The summed E-state index contributed by atoms with van der Waals surface area (Å²) in [7, 11) is 0. The van der Waals surface area contributed by atoms with Crippen molar-refractivity contribution < 1.29 is 14.7 Å². The smallest absolute Gasteiger partial charge is 0.310 e. The highest BCUT2D eigenvalue weighted by Gasteiger charge is 2.69. The first kappa shape index (κ1) is 23.6. The number of hydrogen-bond donors (Lipinski definition) is 1. The number of aliphatic carboxylic acids is 1. The van der Waals surface area contributed by atoms with Gasteiger partial charge in [0.15, 0.2) is 0 Å². The molecule has 0 aromatic rings. The summed E-state index contributed by atoms with van der Waals surface area (Å²) in [6.07, 6.45) is 12.3. The third-order valence-electron chi connectivity index (χ3n) is 12.8. The molecule has 0 aromatic heterocycles. The van der Waals surface area contributed by atoms with Gasteiger partial charge in [-0.25, -0.2) is 0 Å². The molecule has 0 spiro atoms. The quantitative estimate of drug-likeness (QED) is 0.419. The van der Waals surface area contributed by atoms with Crippen molar-refractivity contribution in [2.24, 2.45) is 50.2 Å². The van der Waals surface area contributed by atoms with Crippen molar-refractivity contribution in [2.75, 3.05) is 0 Å². The van der Waals surface area contributed by atoms with E-state index in [2.05, 4.69) is 54.5 Å². The van der Waals surface area contributed by atoms with Crippen LogP contribution in [0, 0.1) is 50.2 Å². The molecule has 0 amide bonds. The van der Waals surface area contributed by atoms with E-state index in [1.54, 1.807) is 0 Å². The van der Waals surface area contributed by atoms with Gasteiger partial charge in [0.1, 0.15) is 5.78 Å². The summed E-state index contributed by atoms with van der Waals surface area (Å²) in [6.45, 7) is 16.6. The minimum absolute atomic E-state index is 0.0620. The van der Waals surface area contributed by atoms with Gasteiger partial charge in [0.2, 0.25) is 0 Å². The van der Waals surface area contributed by atoms with Gasteiger partial charge in [-0.15, -0.1) is 0 Å². The molecule has 7 atom stereocenters. The Bertz CT molecular complexity index is 927. The molecule has 1 N–H and O–H groups in total. The average Bonchev–Trinajstić information content (AvgIpc) is 2.71. The van der Waals surface area contributed by atoms with Gasteiger partial charge >= 0.3 is 5.97 Å². The van der Waals surface area contributed by atoms with E-state index in [9.17, 15) is 14.7 Å². The van der Waals surface area contributed by atoms with Gasteiger partial charge < -0.3 is 5.11 Å². The second-order valence-electron chi connectivity index (χ2n) is 14.8. The Morgan fingerprint density at radius 3 is 2.24 bits per heavy atom. The molecule has 33 heavy (non-hydrogen) atoms. The first-order chi connectivity index (χ1) is 15.1. The van der Waals surface area contributed by atoms with Crippen LogP contribution in [-0.4, -0.2) is 16.9 Å². The molecular weight excluding hydrogens is 408 g/mol. The van der Waals surface area contributed by atoms with Gasteiger partial charge in [-0.3, -0.25) is 9.59 Å². The summed E-state index contributed by atoms with van der Waals surface area (Å²) in [5, 5.41) is 10.5. The normalized spacial score (nSPS) is 50.2. The molecular formula is C30H46O3. The topological polar surface area (TPSA) is 54.4 Å². The highest BCUT2D eigenvalue weighted by atomic mass is 16.4. The molecule has 5 rings (SSSR count). The Balaban J connectivity index is 1.60. The van der Waals surface area contributed by atoms with Crippen molar-refractivity contribution in [3.8, 4) is 0 Å². The lowest BCUT2D eigenvalue weighted by atomic mass is 9.33. The fourth-order valence-electron chi connectivity index (χ4n) is 10.4. The lowest BCUT2D eigenvalue weighted by Crippen LogP contribution is -2.64. The highest BCUT2D eigenvalue weighted by molar-refractivity contribution is 5.85. The molecule has 4 fully saturated rings. The molecule has 4 saturated carbocycles. The van der Waals surface area contributed by atoms with E-state index in [-0.39, 0.29) is 33.0 Å². The van der Waals surface area contributed by atoms with Crippen LogP contribution >= 0.6 is 0 Å². The van der Waals surface area contributed by atoms with Crippen LogP contribution in [0.4, 0.5) is 0 Å². The van der Waals surface area contributed by atoms with Gasteiger partial charge in [-0.1, -0.05) is 60.1 Å². The molecule has 5 aliphatic rings. The zero-order valence-electron chi connectivity index (χ0n) is 22.1. The van der Waals surface area contributed by atoms with Gasteiger partial charge in [-0.05, 0) is 97.2 Å². The number of fused-ring (bicyclic) bond motifs is 7. The highest BCUT2D eigenvalue weighted by Crippen LogP contribution is 2.75. The van der Waals surface area contributed by atoms with Crippen LogP contribution < -0.4 is 0 Å². The Labute approximate surface area is 201 Å². The number of carbonyl (C=O) groups is 2. The van der Waals surface area contributed by atoms with Crippen molar-refractivity contribution in [2.45, 2.75) is 113 Å². The maximum Gasteiger partial charge on any atom is 0.310 e. The standard InChI is InChI=1S/C30H46O3/c1-25(2)14-16-30(24(32)33)17-15-28(6)19(20(30)18-25)8-9-22-27(5)12-11-23(31)26(3,4)21(27)10-13-29(22,28)7/h8,20-22H,9-18H2,1-7H3,(H,32,33)/t20?,21-,22+,27?,28?,29?,30?/m0/s1.